The summed E-state index contributed by atoms with van der Waals surface area (Å²) in [5, 5.41) is 8.78. The van der Waals surface area contributed by atoms with Gasteiger partial charge in [-0.1, -0.05) is 0 Å². The molecule has 0 unspecified atom stereocenters. The molecule has 0 bridgehead atoms. The van der Waals surface area contributed by atoms with Gasteiger partial charge in [0.05, 0.1) is 7.11 Å². The van der Waals surface area contributed by atoms with E-state index in [9.17, 15) is 9.59 Å². The van der Waals surface area contributed by atoms with Gasteiger partial charge in [-0.05, 0) is 24.3 Å². The van der Waals surface area contributed by atoms with Gasteiger partial charge in [0.2, 0.25) is 0 Å². The number of hydrogen-bond acceptors (Lipinski definition) is 6. The lowest BCUT2D eigenvalue weighted by Gasteiger charge is -2.21. The molecule has 0 fully saturated rings. The maximum Gasteiger partial charge on any atom is 0.343 e. The largest absolute Gasteiger partial charge is 0.497 e. The first-order chi connectivity index (χ1) is 8.56. The Morgan fingerprint density at radius 1 is 1.28 bits per heavy atom. The van der Waals surface area contributed by atoms with Crippen LogP contribution in [0.1, 0.15) is 0 Å². The number of benzene rings is 1. The third kappa shape index (κ3) is 3.95. The van der Waals surface area contributed by atoms with Crippen LogP contribution >= 0.6 is 0 Å². The van der Waals surface area contributed by atoms with Crippen LogP contribution in [0.4, 0.5) is 5.69 Å². The van der Waals surface area contributed by atoms with Crippen LogP contribution in [0.5, 0.6) is 5.75 Å². The summed E-state index contributed by atoms with van der Waals surface area (Å²) >= 11 is 0. The van der Waals surface area contributed by atoms with E-state index in [1.54, 1.807) is 24.3 Å². The Morgan fingerprint density at radius 2 is 1.89 bits per heavy atom. The predicted octanol–water partition coefficient (Wildman–Crippen LogP) is 0.00310. The summed E-state index contributed by atoms with van der Waals surface area (Å²) in [6.07, 6.45) is 0. The number of carboxylic acids is 1. The van der Waals surface area contributed by atoms with E-state index in [1.165, 1.54) is 12.0 Å². The highest BCUT2D eigenvalue weighted by atomic mass is 16.7. The third-order valence-electron chi connectivity index (χ3n) is 2.22. The molecule has 0 saturated heterocycles. The molecule has 7 nitrogen and oxygen atoms in total. The molecule has 0 aliphatic heterocycles. The highest BCUT2D eigenvalue weighted by Crippen LogP contribution is 2.18. The molecule has 1 rings (SSSR count). The van der Waals surface area contributed by atoms with Crippen molar-refractivity contribution in [2.45, 2.75) is 0 Å². The zero-order chi connectivity index (χ0) is 13.5. The number of rotatable bonds is 6. The van der Waals surface area contributed by atoms with Crippen molar-refractivity contribution in [3.8, 4) is 5.75 Å². The van der Waals surface area contributed by atoms with E-state index in [-0.39, 0.29) is 13.1 Å². The Labute approximate surface area is 104 Å². The number of aliphatic carboxylic acids is 1. The first-order valence-electron chi connectivity index (χ1n) is 5.07. The molecule has 98 valence electrons. The molecule has 0 aliphatic rings. The summed E-state index contributed by atoms with van der Waals surface area (Å²) in [7, 11) is 1.52. The van der Waals surface area contributed by atoms with Gasteiger partial charge in [-0.15, -0.1) is 0 Å². The molecule has 1 aromatic rings. The molecule has 18 heavy (non-hydrogen) atoms. The highest BCUT2D eigenvalue weighted by Gasteiger charge is 2.15. The van der Waals surface area contributed by atoms with Gasteiger partial charge in [-0.25, -0.2) is 4.79 Å². The minimum absolute atomic E-state index is 0.241. The predicted molar refractivity (Wildman–Crippen MR) is 63.1 cm³/mol. The van der Waals surface area contributed by atoms with Gasteiger partial charge in [-0.3, -0.25) is 4.79 Å². The molecule has 1 aromatic carbocycles. The summed E-state index contributed by atoms with van der Waals surface area (Å²) in [6.45, 7) is -0.573. The van der Waals surface area contributed by atoms with Gasteiger partial charge in [0.15, 0.2) is 0 Å². The smallest absolute Gasteiger partial charge is 0.343 e. The number of hydrogen-bond donors (Lipinski definition) is 2. The van der Waals surface area contributed by atoms with Gasteiger partial charge in [-0.2, -0.15) is 5.90 Å². The van der Waals surface area contributed by atoms with Crippen LogP contribution in [0.25, 0.3) is 0 Å². The lowest BCUT2D eigenvalue weighted by atomic mass is 10.2. The molecular weight excluding hydrogens is 240 g/mol. The van der Waals surface area contributed by atoms with E-state index in [0.29, 0.717) is 11.4 Å². The summed E-state index contributed by atoms with van der Waals surface area (Å²) in [6, 6.07) is 6.62. The topological polar surface area (TPSA) is 102 Å². The van der Waals surface area contributed by atoms with E-state index in [0.717, 1.165) is 0 Å². The van der Waals surface area contributed by atoms with E-state index in [4.69, 9.17) is 15.7 Å². The average molecular weight is 254 g/mol. The van der Waals surface area contributed by atoms with E-state index >= 15 is 0 Å². The Kier molecular flexibility index (Phi) is 4.94. The van der Waals surface area contributed by atoms with Gasteiger partial charge in [0.25, 0.3) is 0 Å². The molecule has 0 heterocycles. The summed E-state index contributed by atoms with van der Waals surface area (Å²) < 4.78 is 4.99. The fraction of sp³-hybridized carbons (Fsp3) is 0.273. The molecule has 0 spiro atoms. The van der Waals surface area contributed by atoms with Crippen molar-refractivity contribution in [3.63, 3.8) is 0 Å². The number of carbonyl (C=O) groups excluding carboxylic acids is 1. The second-order valence-corrected chi connectivity index (χ2v) is 3.44. The van der Waals surface area contributed by atoms with Crippen molar-refractivity contribution in [2.24, 2.45) is 5.90 Å². The fourth-order valence-corrected chi connectivity index (χ4v) is 1.39. The number of anilines is 1. The number of ether oxygens (including phenoxy) is 1. The Balaban J connectivity index is 2.86. The summed E-state index contributed by atoms with van der Waals surface area (Å²) in [5.41, 5.74) is 0.559. The van der Waals surface area contributed by atoms with Crippen molar-refractivity contribution in [3.05, 3.63) is 24.3 Å². The number of nitrogens with two attached hydrogens (primary N) is 1. The van der Waals surface area contributed by atoms with Crippen molar-refractivity contribution < 1.29 is 24.3 Å². The molecular formula is C11H14N2O5. The quantitative estimate of drug-likeness (QED) is 0.689. The Hall–Kier alpha value is -2.28. The van der Waals surface area contributed by atoms with Crippen LogP contribution in [0.2, 0.25) is 0 Å². The molecule has 7 heteroatoms. The maximum absolute atomic E-state index is 11.1. The number of carbonyl (C=O) groups is 2. The summed E-state index contributed by atoms with van der Waals surface area (Å²) in [4.78, 5) is 27.2. The van der Waals surface area contributed by atoms with Crippen LogP contribution in [0, 0.1) is 0 Å². The molecule has 0 radical (unpaired) electrons. The highest BCUT2D eigenvalue weighted by molar-refractivity contribution is 5.80. The number of carboxylic acid groups (broad SMARTS) is 1. The van der Waals surface area contributed by atoms with Gasteiger partial charge in [0, 0.05) is 5.69 Å². The van der Waals surface area contributed by atoms with Crippen molar-refractivity contribution >= 4 is 17.6 Å². The molecule has 0 aliphatic carbocycles. The summed E-state index contributed by atoms with van der Waals surface area (Å²) in [5.74, 6) is 3.59. The SMILES string of the molecule is COc1ccc(N(CC(=O)O)CC(=O)ON)cc1. The molecule has 3 N–H and O–H groups in total. The van der Waals surface area contributed by atoms with Crippen LogP contribution in [-0.4, -0.2) is 37.2 Å². The van der Waals surface area contributed by atoms with Crippen molar-refractivity contribution in [1.82, 2.24) is 0 Å². The zero-order valence-electron chi connectivity index (χ0n) is 9.83. The lowest BCUT2D eigenvalue weighted by molar-refractivity contribution is -0.142. The van der Waals surface area contributed by atoms with E-state index < -0.39 is 11.9 Å². The fourth-order valence-electron chi connectivity index (χ4n) is 1.39. The van der Waals surface area contributed by atoms with E-state index in [1.807, 2.05) is 0 Å². The normalized spacial score (nSPS) is 9.67. The van der Waals surface area contributed by atoms with Gasteiger partial charge >= 0.3 is 11.9 Å². The molecule has 0 aromatic heterocycles. The van der Waals surface area contributed by atoms with Crippen LogP contribution in [-0.2, 0) is 14.4 Å². The standard InChI is InChI=1S/C11H14N2O5/c1-17-9-4-2-8(3-5-9)13(6-10(14)15)7-11(16)18-12/h2-5H,6-7,12H2,1H3,(H,14,15). The first-order valence-corrected chi connectivity index (χ1v) is 5.07. The second kappa shape index (κ2) is 6.45. The zero-order valence-corrected chi connectivity index (χ0v) is 9.83. The van der Waals surface area contributed by atoms with Gasteiger partial charge in [0.1, 0.15) is 18.8 Å². The maximum atomic E-state index is 11.1. The lowest BCUT2D eigenvalue weighted by Crippen LogP contribution is -2.36. The van der Waals surface area contributed by atoms with E-state index in [2.05, 4.69) is 4.84 Å². The monoisotopic (exact) mass is 254 g/mol. The Morgan fingerprint density at radius 3 is 2.33 bits per heavy atom. The van der Waals surface area contributed by atoms with Crippen molar-refractivity contribution in [1.29, 1.82) is 0 Å². The van der Waals surface area contributed by atoms with Crippen LogP contribution in [0.3, 0.4) is 0 Å². The average Bonchev–Trinajstić information content (AvgIpc) is 2.37. The van der Waals surface area contributed by atoms with Crippen LogP contribution < -0.4 is 15.5 Å². The minimum Gasteiger partial charge on any atom is -0.497 e. The number of methoxy groups -OCH3 is 1. The molecule has 0 atom stereocenters. The number of nitrogens with zero attached hydrogens (tertiary/aromatic N) is 1. The molecule has 0 saturated carbocycles. The van der Waals surface area contributed by atoms with Crippen LogP contribution in [0.15, 0.2) is 24.3 Å². The minimum atomic E-state index is -1.06. The first kappa shape index (κ1) is 13.8. The second-order valence-electron chi connectivity index (χ2n) is 3.44. The van der Waals surface area contributed by atoms with Crippen molar-refractivity contribution in [2.75, 3.05) is 25.1 Å². The van der Waals surface area contributed by atoms with Gasteiger partial charge < -0.3 is 19.6 Å². The third-order valence-corrected chi connectivity index (χ3v) is 2.22. The Bertz CT molecular complexity index is 418. The molecule has 0 amide bonds.